The zero-order valence-electron chi connectivity index (χ0n) is 8.65. The Labute approximate surface area is 87.7 Å². The molecule has 2 N–H and O–H groups in total. The van der Waals surface area contributed by atoms with E-state index in [0.29, 0.717) is 5.84 Å². The van der Waals surface area contributed by atoms with Gasteiger partial charge in [-0.15, -0.1) is 0 Å². The normalized spacial score (nSPS) is 32.4. The molecule has 15 heavy (non-hydrogen) atoms. The van der Waals surface area contributed by atoms with Crippen molar-refractivity contribution in [3.05, 3.63) is 34.9 Å². The summed E-state index contributed by atoms with van der Waals surface area (Å²) < 4.78 is 11.1. The molecule has 0 amide bonds. The van der Waals surface area contributed by atoms with Gasteiger partial charge in [-0.2, -0.15) is 0 Å². The van der Waals surface area contributed by atoms with Crippen LogP contribution >= 0.6 is 0 Å². The molecule has 0 aliphatic carbocycles. The van der Waals surface area contributed by atoms with E-state index in [1.54, 1.807) is 0 Å². The lowest BCUT2D eigenvalue weighted by Gasteiger charge is -2.41. The molecule has 1 fully saturated rings. The first-order valence-corrected chi connectivity index (χ1v) is 4.94. The molecule has 3 rings (SSSR count). The molecule has 1 aromatic carbocycles. The van der Waals surface area contributed by atoms with Crippen LogP contribution in [0.4, 0.5) is 0 Å². The van der Waals surface area contributed by atoms with Crippen LogP contribution in [0.5, 0.6) is 0 Å². The molecule has 0 saturated carbocycles. The first-order chi connectivity index (χ1) is 7.12. The number of amidine groups is 1. The topological polar surface area (TPSA) is 56.8 Å². The molecule has 4 heteroatoms. The highest BCUT2D eigenvalue weighted by molar-refractivity contribution is 6.02. The average molecular weight is 204 g/mol. The van der Waals surface area contributed by atoms with Gasteiger partial charge in [0.15, 0.2) is 6.29 Å². The number of rotatable bonds is 0. The number of nitrogens with zero attached hydrogens (tertiary/aromatic N) is 1. The lowest BCUT2D eigenvalue weighted by atomic mass is 10.0. The molecule has 1 saturated heterocycles. The Kier molecular flexibility index (Phi) is 1.53. The third-order valence-electron chi connectivity index (χ3n) is 2.79. The van der Waals surface area contributed by atoms with E-state index in [2.05, 4.69) is 4.99 Å². The zero-order chi connectivity index (χ0) is 10.6. The van der Waals surface area contributed by atoms with Crippen LogP contribution in [-0.2, 0) is 15.4 Å². The van der Waals surface area contributed by atoms with Crippen molar-refractivity contribution < 1.29 is 9.47 Å². The van der Waals surface area contributed by atoms with Crippen molar-refractivity contribution in [2.45, 2.75) is 26.0 Å². The zero-order valence-corrected chi connectivity index (χ0v) is 8.65. The SMILES string of the molecule is Cc1cccc2c1C(N)=NC21OC(C)O1. The maximum atomic E-state index is 5.87. The highest BCUT2D eigenvalue weighted by Gasteiger charge is 2.52. The van der Waals surface area contributed by atoms with Crippen molar-refractivity contribution in [2.24, 2.45) is 10.7 Å². The van der Waals surface area contributed by atoms with Gasteiger partial charge in [-0.25, -0.2) is 4.99 Å². The molecule has 0 aromatic heterocycles. The minimum atomic E-state index is -0.954. The molecule has 0 atom stereocenters. The number of benzene rings is 1. The second kappa shape index (κ2) is 2.59. The summed E-state index contributed by atoms with van der Waals surface area (Å²) in [5, 5.41) is 0. The molecule has 0 radical (unpaired) electrons. The monoisotopic (exact) mass is 204 g/mol. The highest BCUT2D eigenvalue weighted by atomic mass is 16.9. The number of aryl methyl sites for hydroxylation is 1. The van der Waals surface area contributed by atoms with Crippen LogP contribution in [0.3, 0.4) is 0 Å². The van der Waals surface area contributed by atoms with Crippen LogP contribution in [0.15, 0.2) is 23.2 Å². The van der Waals surface area contributed by atoms with Gasteiger partial charge in [0.1, 0.15) is 5.84 Å². The van der Waals surface area contributed by atoms with E-state index >= 15 is 0 Å². The smallest absolute Gasteiger partial charge is 0.304 e. The summed E-state index contributed by atoms with van der Waals surface area (Å²) in [6.07, 6.45) is -0.215. The van der Waals surface area contributed by atoms with Crippen molar-refractivity contribution >= 4 is 5.84 Å². The van der Waals surface area contributed by atoms with E-state index < -0.39 is 5.91 Å². The van der Waals surface area contributed by atoms with E-state index in [-0.39, 0.29) is 6.29 Å². The summed E-state index contributed by atoms with van der Waals surface area (Å²) in [6.45, 7) is 3.84. The van der Waals surface area contributed by atoms with Crippen LogP contribution in [0, 0.1) is 6.92 Å². The Balaban J connectivity index is 2.17. The van der Waals surface area contributed by atoms with Gasteiger partial charge in [-0.05, 0) is 19.4 Å². The molecule has 0 bridgehead atoms. The van der Waals surface area contributed by atoms with E-state index in [1.807, 2.05) is 32.0 Å². The first-order valence-electron chi connectivity index (χ1n) is 4.94. The van der Waals surface area contributed by atoms with Gasteiger partial charge in [0.2, 0.25) is 0 Å². The summed E-state index contributed by atoms with van der Waals surface area (Å²) in [5.74, 6) is -0.458. The third-order valence-corrected chi connectivity index (χ3v) is 2.79. The summed E-state index contributed by atoms with van der Waals surface area (Å²) in [7, 11) is 0. The lowest BCUT2D eigenvalue weighted by molar-refractivity contribution is -0.451. The minimum Gasteiger partial charge on any atom is -0.383 e. The van der Waals surface area contributed by atoms with Gasteiger partial charge in [-0.1, -0.05) is 18.2 Å². The van der Waals surface area contributed by atoms with Crippen LogP contribution in [0.1, 0.15) is 23.6 Å². The Hall–Kier alpha value is -1.39. The molecule has 1 aromatic rings. The fourth-order valence-corrected chi connectivity index (χ4v) is 2.18. The number of ether oxygens (including phenoxy) is 2. The van der Waals surface area contributed by atoms with Gasteiger partial charge in [-0.3, -0.25) is 9.47 Å². The summed E-state index contributed by atoms with van der Waals surface area (Å²) >= 11 is 0. The maximum Gasteiger partial charge on any atom is 0.304 e. The Bertz CT molecular complexity index is 462. The van der Waals surface area contributed by atoms with Gasteiger partial charge < -0.3 is 5.73 Å². The van der Waals surface area contributed by atoms with E-state index in [0.717, 1.165) is 16.7 Å². The van der Waals surface area contributed by atoms with Gasteiger partial charge in [0.25, 0.3) is 0 Å². The molecule has 4 nitrogen and oxygen atoms in total. The van der Waals surface area contributed by atoms with Crippen LogP contribution in [-0.4, -0.2) is 12.1 Å². The fourth-order valence-electron chi connectivity index (χ4n) is 2.18. The maximum absolute atomic E-state index is 5.87. The predicted molar refractivity (Wildman–Crippen MR) is 55.2 cm³/mol. The van der Waals surface area contributed by atoms with Crippen LogP contribution in [0.2, 0.25) is 0 Å². The lowest BCUT2D eigenvalue weighted by Crippen LogP contribution is -2.47. The third kappa shape index (κ3) is 1.00. The Morgan fingerprint density at radius 2 is 2.13 bits per heavy atom. The summed E-state index contributed by atoms with van der Waals surface area (Å²) in [6, 6.07) is 5.90. The summed E-state index contributed by atoms with van der Waals surface area (Å²) in [5.41, 5.74) is 8.83. The van der Waals surface area contributed by atoms with Gasteiger partial charge >= 0.3 is 5.91 Å². The molecule has 0 unspecified atom stereocenters. The largest absolute Gasteiger partial charge is 0.383 e. The summed E-state index contributed by atoms with van der Waals surface area (Å²) in [4.78, 5) is 4.25. The molecule has 2 aliphatic rings. The second-order valence-electron chi connectivity index (χ2n) is 3.88. The number of nitrogens with two attached hydrogens (primary N) is 1. The molecule has 2 heterocycles. The predicted octanol–water partition coefficient (Wildman–Crippen LogP) is 1.22. The first kappa shape index (κ1) is 8.88. The van der Waals surface area contributed by atoms with Crippen molar-refractivity contribution in [3.8, 4) is 0 Å². The van der Waals surface area contributed by atoms with Crippen molar-refractivity contribution in [1.29, 1.82) is 0 Å². The van der Waals surface area contributed by atoms with Gasteiger partial charge in [0.05, 0.1) is 0 Å². The average Bonchev–Trinajstić information content (AvgIpc) is 2.41. The molecule has 78 valence electrons. The van der Waals surface area contributed by atoms with E-state index in [4.69, 9.17) is 15.2 Å². The van der Waals surface area contributed by atoms with E-state index in [1.165, 1.54) is 0 Å². The van der Waals surface area contributed by atoms with Crippen LogP contribution in [0.25, 0.3) is 0 Å². The number of fused-ring (bicyclic) bond motifs is 2. The Morgan fingerprint density at radius 3 is 2.80 bits per heavy atom. The van der Waals surface area contributed by atoms with Gasteiger partial charge in [0, 0.05) is 11.1 Å². The minimum absolute atomic E-state index is 0.215. The Morgan fingerprint density at radius 1 is 1.40 bits per heavy atom. The van der Waals surface area contributed by atoms with Crippen molar-refractivity contribution in [1.82, 2.24) is 0 Å². The fraction of sp³-hybridized carbons (Fsp3) is 0.364. The quantitative estimate of drug-likeness (QED) is 0.691. The molecular weight excluding hydrogens is 192 g/mol. The highest BCUT2D eigenvalue weighted by Crippen LogP contribution is 2.45. The van der Waals surface area contributed by atoms with Crippen molar-refractivity contribution in [3.63, 3.8) is 0 Å². The number of aliphatic imine (C=N–C) groups is 1. The van der Waals surface area contributed by atoms with Crippen molar-refractivity contribution in [2.75, 3.05) is 0 Å². The standard InChI is InChI=1S/C11H12N2O2/c1-6-4-3-5-8-9(6)10(12)13-11(8)14-7(2)15-11/h3-5,7H,1-2H3,(H2,12,13). The molecule has 2 aliphatic heterocycles. The van der Waals surface area contributed by atoms with Crippen LogP contribution < -0.4 is 5.73 Å². The molecular formula is C11H12N2O2. The van der Waals surface area contributed by atoms with E-state index in [9.17, 15) is 0 Å². The second-order valence-corrected chi connectivity index (χ2v) is 3.88. The number of hydrogen-bond donors (Lipinski definition) is 1. The molecule has 1 spiro atoms. The number of hydrogen-bond acceptors (Lipinski definition) is 4.